The van der Waals surface area contributed by atoms with Crippen molar-refractivity contribution in [2.75, 3.05) is 0 Å². The van der Waals surface area contributed by atoms with E-state index in [4.69, 9.17) is 5.11 Å². The van der Waals surface area contributed by atoms with Gasteiger partial charge in [0.25, 0.3) is 0 Å². The van der Waals surface area contributed by atoms with Crippen LogP contribution in [0.3, 0.4) is 0 Å². The number of carboxylic acids is 1. The van der Waals surface area contributed by atoms with Crippen molar-refractivity contribution in [2.24, 2.45) is 0 Å². The summed E-state index contributed by atoms with van der Waals surface area (Å²) in [6.07, 6.45) is 0. The van der Waals surface area contributed by atoms with Gasteiger partial charge < -0.3 is 5.11 Å². The molecule has 0 aromatic heterocycles. The minimum Gasteiger partial charge on any atom is -0.478 e. The highest BCUT2D eigenvalue weighted by Gasteiger charge is 2.20. The molecule has 0 saturated heterocycles. The SMILES string of the molecule is CC(C)(C)c1cc(-c2ccc(C(=O)O)cc2)cc(C(C)(C)C)c1. The van der Waals surface area contributed by atoms with E-state index in [-0.39, 0.29) is 10.8 Å². The van der Waals surface area contributed by atoms with E-state index in [1.165, 1.54) is 11.1 Å². The van der Waals surface area contributed by atoms with Crippen LogP contribution < -0.4 is 0 Å². The van der Waals surface area contributed by atoms with Crippen LogP contribution in [0.5, 0.6) is 0 Å². The van der Waals surface area contributed by atoms with Gasteiger partial charge in [0, 0.05) is 0 Å². The predicted molar refractivity (Wildman–Crippen MR) is 96.2 cm³/mol. The lowest BCUT2D eigenvalue weighted by molar-refractivity contribution is 0.0697. The monoisotopic (exact) mass is 310 g/mol. The zero-order chi connectivity index (χ0) is 17.4. The van der Waals surface area contributed by atoms with Gasteiger partial charge in [-0.25, -0.2) is 4.79 Å². The molecule has 0 saturated carbocycles. The Balaban J connectivity index is 2.59. The summed E-state index contributed by atoms with van der Waals surface area (Å²) in [6.45, 7) is 13.3. The second kappa shape index (κ2) is 5.84. The van der Waals surface area contributed by atoms with Gasteiger partial charge in [0.2, 0.25) is 0 Å². The molecule has 0 radical (unpaired) electrons. The van der Waals surface area contributed by atoms with E-state index in [1.807, 2.05) is 12.1 Å². The lowest BCUT2D eigenvalue weighted by Gasteiger charge is -2.26. The number of benzene rings is 2. The Kier molecular flexibility index (Phi) is 4.39. The first-order valence-electron chi connectivity index (χ1n) is 7.98. The Hall–Kier alpha value is -2.09. The van der Waals surface area contributed by atoms with E-state index >= 15 is 0 Å². The third-order valence-corrected chi connectivity index (χ3v) is 4.13. The summed E-state index contributed by atoms with van der Waals surface area (Å²) in [5.74, 6) is -0.893. The van der Waals surface area contributed by atoms with E-state index < -0.39 is 5.97 Å². The van der Waals surface area contributed by atoms with Gasteiger partial charge in [-0.3, -0.25) is 0 Å². The lowest BCUT2D eigenvalue weighted by atomic mass is 9.79. The molecule has 0 aliphatic carbocycles. The Morgan fingerprint density at radius 3 is 1.52 bits per heavy atom. The van der Waals surface area contributed by atoms with Crippen LogP contribution in [0.15, 0.2) is 42.5 Å². The van der Waals surface area contributed by atoms with E-state index in [0.717, 1.165) is 11.1 Å². The first kappa shape index (κ1) is 17.3. The van der Waals surface area contributed by atoms with Gasteiger partial charge in [-0.1, -0.05) is 71.9 Å². The van der Waals surface area contributed by atoms with Crippen molar-refractivity contribution < 1.29 is 9.90 Å². The Bertz CT molecular complexity index is 679. The average Bonchev–Trinajstić information content (AvgIpc) is 2.45. The summed E-state index contributed by atoms with van der Waals surface area (Å²) in [4.78, 5) is 11.0. The molecule has 2 aromatic rings. The maximum atomic E-state index is 11.0. The zero-order valence-corrected chi connectivity index (χ0v) is 14.9. The van der Waals surface area contributed by atoms with Crippen LogP contribution in [-0.2, 0) is 10.8 Å². The summed E-state index contributed by atoms with van der Waals surface area (Å²) >= 11 is 0. The molecule has 2 aromatic carbocycles. The van der Waals surface area contributed by atoms with E-state index in [1.54, 1.807) is 12.1 Å². The summed E-state index contributed by atoms with van der Waals surface area (Å²) < 4.78 is 0. The fourth-order valence-electron chi connectivity index (χ4n) is 2.47. The summed E-state index contributed by atoms with van der Waals surface area (Å²) in [5, 5.41) is 9.05. The Morgan fingerprint density at radius 1 is 0.739 bits per heavy atom. The van der Waals surface area contributed by atoms with Crippen LogP contribution in [-0.4, -0.2) is 11.1 Å². The molecule has 0 fully saturated rings. The number of carbonyl (C=O) groups is 1. The average molecular weight is 310 g/mol. The van der Waals surface area contributed by atoms with E-state index in [2.05, 4.69) is 59.7 Å². The second-order valence-corrected chi connectivity index (χ2v) is 8.18. The van der Waals surface area contributed by atoms with Gasteiger partial charge in [0.15, 0.2) is 0 Å². The molecule has 1 N–H and O–H groups in total. The number of carboxylic acid groups (broad SMARTS) is 1. The van der Waals surface area contributed by atoms with Crippen LogP contribution in [0.2, 0.25) is 0 Å². The van der Waals surface area contributed by atoms with E-state index in [9.17, 15) is 4.79 Å². The van der Waals surface area contributed by atoms with Crippen LogP contribution >= 0.6 is 0 Å². The van der Waals surface area contributed by atoms with Crippen LogP contribution in [0.25, 0.3) is 11.1 Å². The van der Waals surface area contributed by atoms with Gasteiger partial charge >= 0.3 is 5.97 Å². The molecule has 0 spiro atoms. The zero-order valence-electron chi connectivity index (χ0n) is 14.9. The molecule has 2 rings (SSSR count). The minimum atomic E-state index is -0.893. The van der Waals surface area contributed by atoms with Crippen LogP contribution in [0, 0.1) is 0 Å². The molecule has 0 aliphatic heterocycles. The highest BCUT2D eigenvalue weighted by molar-refractivity contribution is 5.88. The van der Waals surface area contributed by atoms with Gasteiger partial charge in [-0.15, -0.1) is 0 Å². The van der Waals surface area contributed by atoms with Crippen LogP contribution in [0.1, 0.15) is 63.0 Å². The van der Waals surface area contributed by atoms with Gasteiger partial charge in [0.1, 0.15) is 0 Å². The van der Waals surface area contributed by atoms with Crippen molar-refractivity contribution in [3.8, 4) is 11.1 Å². The maximum Gasteiger partial charge on any atom is 0.335 e. The molecule has 0 unspecified atom stereocenters. The Morgan fingerprint density at radius 2 is 1.17 bits per heavy atom. The van der Waals surface area contributed by atoms with Crippen molar-refractivity contribution in [3.05, 3.63) is 59.2 Å². The second-order valence-electron chi connectivity index (χ2n) is 8.18. The maximum absolute atomic E-state index is 11.0. The standard InChI is InChI=1S/C21H26O2/c1-20(2,3)17-11-16(12-18(13-17)21(4,5)6)14-7-9-15(10-8-14)19(22)23/h7-13H,1-6H3,(H,22,23). The van der Waals surface area contributed by atoms with Crippen molar-refractivity contribution in [3.63, 3.8) is 0 Å². The van der Waals surface area contributed by atoms with Gasteiger partial charge in [-0.2, -0.15) is 0 Å². The number of hydrogen-bond donors (Lipinski definition) is 1. The highest BCUT2D eigenvalue weighted by Crippen LogP contribution is 2.33. The van der Waals surface area contributed by atoms with Crippen LogP contribution in [0.4, 0.5) is 0 Å². The predicted octanol–water partition coefficient (Wildman–Crippen LogP) is 5.65. The first-order valence-corrected chi connectivity index (χ1v) is 7.98. The summed E-state index contributed by atoms with van der Waals surface area (Å²) in [6, 6.07) is 13.8. The highest BCUT2D eigenvalue weighted by atomic mass is 16.4. The molecule has 122 valence electrons. The molecule has 2 nitrogen and oxygen atoms in total. The van der Waals surface area contributed by atoms with Crippen molar-refractivity contribution in [2.45, 2.75) is 52.4 Å². The third kappa shape index (κ3) is 4.01. The molecule has 2 heteroatoms. The molecule has 0 heterocycles. The van der Waals surface area contributed by atoms with E-state index in [0.29, 0.717) is 5.56 Å². The molecular formula is C21H26O2. The number of rotatable bonds is 2. The topological polar surface area (TPSA) is 37.3 Å². The van der Waals surface area contributed by atoms with Crippen molar-refractivity contribution in [1.29, 1.82) is 0 Å². The van der Waals surface area contributed by atoms with Gasteiger partial charge in [-0.05, 0) is 45.2 Å². The summed E-state index contributed by atoms with van der Waals surface area (Å²) in [5.41, 5.74) is 5.22. The Labute approximate surface area is 139 Å². The molecular weight excluding hydrogens is 284 g/mol. The van der Waals surface area contributed by atoms with Crippen molar-refractivity contribution >= 4 is 5.97 Å². The molecule has 0 bridgehead atoms. The summed E-state index contributed by atoms with van der Waals surface area (Å²) in [7, 11) is 0. The molecule has 23 heavy (non-hydrogen) atoms. The molecule has 0 atom stereocenters. The van der Waals surface area contributed by atoms with Crippen molar-refractivity contribution in [1.82, 2.24) is 0 Å². The quantitative estimate of drug-likeness (QED) is 0.778. The number of hydrogen-bond acceptors (Lipinski definition) is 1. The largest absolute Gasteiger partial charge is 0.478 e. The fourth-order valence-corrected chi connectivity index (χ4v) is 2.47. The lowest BCUT2D eigenvalue weighted by Crippen LogP contribution is -2.16. The molecule has 0 aliphatic rings. The van der Waals surface area contributed by atoms with Gasteiger partial charge in [0.05, 0.1) is 5.56 Å². The number of aromatic carboxylic acids is 1. The first-order chi connectivity index (χ1) is 10.5. The third-order valence-electron chi connectivity index (χ3n) is 4.13. The fraction of sp³-hybridized carbons (Fsp3) is 0.381. The molecule has 0 amide bonds. The smallest absolute Gasteiger partial charge is 0.335 e. The normalized spacial score (nSPS) is 12.3. The minimum absolute atomic E-state index is 0.0665.